The van der Waals surface area contributed by atoms with Crippen LogP contribution in [0.2, 0.25) is 0 Å². The SMILES string of the molecule is CC(OC(=O)Cn1cnc2c(oc3ccccc32)c1=O)C(=O)N1CCN(c2ncccn2)CC1. The second-order valence-corrected chi connectivity index (χ2v) is 7.95. The van der Waals surface area contributed by atoms with Crippen molar-refractivity contribution in [2.24, 2.45) is 0 Å². The number of esters is 1. The average Bonchev–Trinajstić information content (AvgIpc) is 3.25. The quantitative estimate of drug-likeness (QED) is 0.403. The molecule has 3 aromatic heterocycles. The Kier molecular flexibility index (Phi) is 5.66. The number of anilines is 1. The number of carbonyl (C=O) groups is 2. The number of benzene rings is 1. The van der Waals surface area contributed by atoms with Crippen molar-refractivity contribution in [3.05, 3.63) is 59.4 Å². The first-order chi connectivity index (χ1) is 16.5. The molecule has 1 saturated heterocycles. The number of nitrogens with zero attached hydrogens (tertiary/aromatic N) is 6. The number of fused-ring (bicyclic) bond motifs is 3. The van der Waals surface area contributed by atoms with Crippen molar-refractivity contribution >= 4 is 39.9 Å². The van der Waals surface area contributed by atoms with E-state index in [4.69, 9.17) is 9.15 Å². The lowest BCUT2D eigenvalue weighted by Gasteiger charge is -2.35. The normalized spacial score (nSPS) is 15.0. The molecule has 1 aliphatic rings. The summed E-state index contributed by atoms with van der Waals surface area (Å²) in [4.78, 5) is 54.4. The molecule has 1 aliphatic heterocycles. The molecule has 0 spiro atoms. The number of carbonyl (C=O) groups excluding carboxylic acids is 2. The predicted octanol–water partition coefficient (Wildman–Crippen LogP) is 1.21. The minimum atomic E-state index is -0.981. The molecule has 0 bridgehead atoms. The largest absolute Gasteiger partial charge is 0.451 e. The second kappa shape index (κ2) is 8.93. The lowest BCUT2D eigenvalue weighted by atomic mass is 10.2. The number of hydrogen-bond acceptors (Lipinski definition) is 9. The first-order valence-corrected chi connectivity index (χ1v) is 10.9. The molecular formula is C23H22N6O5. The number of hydrogen-bond donors (Lipinski definition) is 0. The molecule has 1 aromatic carbocycles. The van der Waals surface area contributed by atoms with Gasteiger partial charge in [0.15, 0.2) is 6.10 Å². The van der Waals surface area contributed by atoms with Crippen molar-refractivity contribution < 1.29 is 18.7 Å². The molecule has 11 heteroatoms. The number of rotatable bonds is 5. The Labute approximate surface area is 193 Å². The lowest BCUT2D eigenvalue weighted by Crippen LogP contribution is -2.52. The Morgan fingerprint density at radius 3 is 2.56 bits per heavy atom. The third kappa shape index (κ3) is 4.07. The van der Waals surface area contributed by atoms with Crippen LogP contribution in [0.5, 0.6) is 0 Å². The molecule has 1 atom stereocenters. The highest BCUT2D eigenvalue weighted by Crippen LogP contribution is 2.24. The van der Waals surface area contributed by atoms with E-state index in [1.165, 1.54) is 13.3 Å². The van der Waals surface area contributed by atoms with Crippen molar-refractivity contribution in [2.75, 3.05) is 31.1 Å². The molecule has 0 radical (unpaired) electrons. The number of amides is 1. The highest BCUT2D eigenvalue weighted by Gasteiger charge is 2.28. The highest BCUT2D eigenvalue weighted by molar-refractivity contribution is 6.01. The molecule has 1 amide bonds. The van der Waals surface area contributed by atoms with E-state index in [0.717, 1.165) is 9.95 Å². The summed E-state index contributed by atoms with van der Waals surface area (Å²) in [5.41, 5.74) is 0.562. The Hall–Kier alpha value is -4.28. The van der Waals surface area contributed by atoms with Gasteiger partial charge in [-0.15, -0.1) is 0 Å². The molecule has 0 aliphatic carbocycles. The van der Waals surface area contributed by atoms with Gasteiger partial charge in [-0.25, -0.2) is 15.0 Å². The summed E-state index contributed by atoms with van der Waals surface area (Å²) >= 11 is 0. The number of furan rings is 1. The fraction of sp³-hybridized carbons (Fsp3) is 0.304. The average molecular weight is 462 g/mol. The van der Waals surface area contributed by atoms with E-state index in [1.807, 2.05) is 17.0 Å². The standard InChI is InChI=1S/C23H22N6O5/c1-15(21(31)27-9-11-28(12-10-27)23-24-7-4-8-25-23)33-18(30)13-29-14-26-19-16-5-2-3-6-17(16)34-20(19)22(29)32/h2-8,14-15H,9-13H2,1H3. The molecule has 34 heavy (non-hydrogen) atoms. The Morgan fingerprint density at radius 1 is 1.06 bits per heavy atom. The van der Waals surface area contributed by atoms with Crippen LogP contribution in [0.3, 0.4) is 0 Å². The van der Waals surface area contributed by atoms with Gasteiger partial charge in [0.2, 0.25) is 11.5 Å². The van der Waals surface area contributed by atoms with E-state index < -0.39 is 17.6 Å². The fourth-order valence-electron chi connectivity index (χ4n) is 3.99. The maximum atomic E-state index is 12.8. The van der Waals surface area contributed by atoms with E-state index in [1.54, 1.807) is 35.5 Å². The van der Waals surface area contributed by atoms with Crippen LogP contribution in [0.25, 0.3) is 22.1 Å². The Balaban J connectivity index is 1.20. The van der Waals surface area contributed by atoms with Crippen LogP contribution in [0, 0.1) is 0 Å². The molecule has 1 fully saturated rings. The Morgan fingerprint density at radius 2 is 1.79 bits per heavy atom. The third-order valence-corrected chi connectivity index (χ3v) is 5.73. The zero-order valence-corrected chi connectivity index (χ0v) is 18.5. The van der Waals surface area contributed by atoms with E-state index in [-0.39, 0.29) is 18.0 Å². The zero-order chi connectivity index (χ0) is 23.7. The smallest absolute Gasteiger partial charge is 0.326 e. The van der Waals surface area contributed by atoms with Crippen LogP contribution >= 0.6 is 0 Å². The van der Waals surface area contributed by atoms with Gasteiger partial charge < -0.3 is 19.0 Å². The van der Waals surface area contributed by atoms with Gasteiger partial charge in [-0.05, 0) is 25.1 Å². The highest BCUT2D eigenvalue weighted by atomic mass is 16.5. The Bertz CT molecular complexity index is 1410. The topological polar surface area (TPSA) is 124 Å². The van der Waals surface area contributed by atoms with Crippen molar-refractivity contribution in [2.45, 2.75) is 19.6 Å². The molecule has 11 nitrogen and oxygen atoms in total. The van der Waals surface area contributed by atoms with Crippen molar-refractivity contribution in [1.29, 1.82) is 0 Å². The van der Waals surface area contributed by atoms with Crippen molar-refractivity contribution in [3.63, 3.8) is 0 Å². The van der Waals surface area contributed by atoms with E-state index in [0.29, 0.717) is 43.2 Å². The first kappa shape index (κ1) is 21.6. The van der Waals surface area contributed by atoms with E-state index in [2.05, 4.69) is 15.0 Å². The fourth-order valence-corrected chi connectivity index (χ4v) is 3.99. The summed E-state index contributed by atoms with van der Waals surface area (Å²) in [6, 6.07) is 8.93. The monoisotopic (exact) mass is 462 g/mol. The van der Waals surface area contributed by atoms with Gasteiger partial charge in [0.25, 0.3) is 11.5 Å². The molecule has 174 valence electrons. The minimum absolute atomic E-state index is 0.0703. The van der Waals surface area contributed by atoms with Crippen LogP contribution < -0.4 is 10.5 Å². The van der Waals surface area contributed by atoms with Crippen LogP contribution in [-0.2, 0) is 20.9 Å². The van der Waals surface area contributed by atoms with Gasteiger partial charge in [-0.2, -0.15) is 0 Å². The number of piperazine rings is 1. The van der Waals surface area contributed by atoms with Gasteiger partial charge in [0.1, 0.15) is 17.6 Å². The number of aromatic nitrogens is 4. The van der Waals surface area contributed by atoms with Crippen LogP contribution in [-0.4, -0.2) is 68.6 Å². The third-order valence-electron chi connectivity index (χ3n) is 5.73. The number of ether oxygens (including phenoxy) is 1. The molecule has 5 rings (SSSR count). The van der Waals surface area contributed by atoms with Crippen LogP contribution in [0.15, 0.2) is 58.3 Å². The summed E-state index contributed by atoms with van der Waals surface area (Å²) in [7, 11) is 0. The van der Waals surface area contributed by atoms with E-state index >= 15 is 0 Å². The summed E-state index contributed by atoms with van der Waals surface area (Å²) in [5, 5.41) is 0.725. The molecule has 0 N–H and O–H groups in total. The van der Waals surface area contributed by atoms with Gasteiger partial charge in [-0.1, -0.05) is 12.1 Å². The maximum absolute atomic E-state index is 12.8. The summed E-state index contributed by atoms with van der Waals surface area (Å²) < 4.78 is 12.1. The van der Waals surface area contributed by atoms with Gasteiger partial charge in [0.05, 0.1) is 6.33 Å². The predicted molar refractivity (Wildman–Crippen MR) is 122 cm³/mol. The van der Waals surface area contributed by atoms with Crippen LogP contribution in [0.4, 0.5) is 5.95 Å². The van der Waals surface area contributed by atoms with Crippen molar-refractivity contribution in [3.8, 4) is 0 Å². The first-order valence-electron chi connectivity index (χ1n) is 10.9. The lowest BCUT2D eigenvalue weighted by molar-refractivity contribution is -0.159. The minimum Gasteiger partial charge on any atom is -0.451 e. The second-order valence-electron chi connectivity index (χ2n) is 7.95. The van der Waals surface area contributed by atoms with Crippen molar-refractivity contribution in [1.82, 2.24) is 24.4 Å². The molecular weight excluding hydrogens is 440 g/mol. The van der Waals surface area contributed by atoms with E-state index in [9.17, 15) is 14.4 Å². The molecule has 4 aromatic rings. The molecule has 0 saturated carbocycles. The van der Waals surface area contributed by atoms with Gasteiger partial charge in [0, 0.05) is 44.0 Å². The summed E-state index contributed by atoms with van der Waals surface area (Å²) in [6.07, 6.45) is 3.65. The van der Waals surface area contributed by atoms with Gasteiger partial charge in [-0.3, -0.25) is 19.0 Å². The summed E-state index contributed by atoms with van der Waals surface area (Å²) in [6.45, 7) is 3.23. The maximum Gasteiger partial charge on any atom is 0.326 e. The van der Waals surface area contributed by atoms with Crippen LogP contribution in [0.1, 0.15) is 6.92 Å². The molecule has 1 unspecified atom stereocenters. The zero-order valence-electron chi connectivity index (χ0n) is 18.5. The number of para-hydroxylation sites is 1. The van der Waals surface area contributed by atoms with Gasteiger partial charge >= 0.3 is 5.97 Å². The molecule has 4 heterocycles. The summed E-state index contributed by atoms with van der Waals surface area (Å²) in [5.74, 6) is -0.383.